The zero-order valence-electron chi connectivity index (χ0n) is 19.9. The van der Waals surface area contributed by atoms with E-state index >= 15 is 0 Å². The maximum atomic E-state index is 12.1. The number of hydrogen-bond donors (Lipinski definition) is 6. The van der Waals surface area contributed by atoms with Gasteiger partial charge in [-0.25, -0.2) is 9.36 Å². The van der Waals surface area contributed by atoms with Gasteiger partial charge in [-0.3, -0.25) is 9.32 Å². The number of nitrogens with zero attached hydrogens (tertiary/aromatic N) is 1. The maximum absolute atomic E-state index is 12.1. The summed E-state index contributed by atoms with van der Waals surface area (Å²) in [6.45, 7) is 0.790. The molecule has 2 atom stereocenters. The average Bonchev–Trinajstić information content (AvgIpc) is 2.70. The van der Waals surface area contributed by atoms with Gasteiger partial charge in [0, 0.05) is 6.42 Å². The summed E-state index contributed by atoms with van der Waals surface area (Å²) in [7, 11) is -4.78. The molecule has 0 saturated carbocycles. The number of quaternary nitrogens is 1. The van der Waals surface area contributed by atoms with Crippen molar-refractivity contribution in [3.63, 3.8) is 0 Å². The Kier molecular flexibility index (Phi) is 17.7. The molecule has 0 bridgehead atoms. The van der Waals surface area contributed by atoms with E-state index in [0.29, 0.717) is 6.42 Å². The van der Waals surface area contributed by atoms with Gasteiger partial charge in [-0.2, -0.15) is 0 Å². The summed E-state index contributed by atoms with van der Waals surface area (Å²) in [5, 5.41) is 31.5. The molecule has 0 radical (unpaired) electrons. The number of carbonyl (C=O) groups excluding carboxylic acids is 1. The Morgan fingerprint density at radius 1 is 1.00 bits per heavy atom. The lowest BCUT2D eigenvalue weighted by molar-refractivity contribution is -0.923. The molecule has 0 rings (SSSR count). The summed E-state index contributed by atoms with van der Waals surface area (Å²) in [6.07, 6.45) is 9.35. The number of hydrogen-bond acceptors (Lipinski definition) is 6. The molecule has 11 nitrogen and oxygen atoms in total. The lowest BCUT2D eigenvalue weighted by Crippen LogP contribution is -2.59. The highest BCUT2D eigenvalue weighted by Gasteiger charge is 2.33. The third-order valence-electron chi connectivity index (χ3n) is 5.49. The van der Waals surface area contributed by atoms with Gasteiger partial charge in [0.1, 0.15) is 19.2 Å². The SMILES string of the molecule is CCCCCCCCCCCC(=O)NCC[N+](CCO)(CC(=O)O)CC(O)COP(=O)(O)O. The Labute approximate surface area is 197 Å². The van der Waals surface area contributed by atoms with E-state index in [1.165, 1.54) is 38.5 Å². The number of carbonyl (C=O) groups is 2. The van der Waals surface area contributed by atoms with Crippen molar-refractivity contribution in [2.45, 2.75) is 77.2 Å². The quantitative estimate of drug-likeness (QED) is 0.0731. The van der Waals surface area contributed by atoms with Crippen molar-refractivity contribution in [1.82, 2.24) is 5.32 Å². The Hall–Kier alpha value is -1.07. The first-order valence-electron chi connectivity index (χ1n) is 11.9. The van der Waals surface area contributed by atoms with Crippen molar-refractivity contribution in [3.8, 4) is 0 Å². The Bertz CT molecular complexity index is 588. The van der Waals surface area contributed by atoms with Crippen molar-refractivity contribution in [2.75, 3.05) is 45.9 Å². The minimum atomic E-state index is -4.78. The summed E-state index contributed by atoms with van der Waals surface area (Å²) >= 11 is 0. The van der Waals surface area contributed by atoms with Crippen LogP contribution in [0.1, 0.15) is 71.1 Å². The lowest BCUT2D eigenvalue weighted by Gasteiger charge is -2.38. The van der Waals surface area contributed by atoms with E-state index < -0.39 is 33.0 Å². The van der Waals surface area contributed by atoms with Gasteiger partial charge in [0.15, 0.2) is 6.54 Å². The van der Waals surface area contributed by atoms with Crippen LogP contribution in [-0.4, -0.2) is 93.5 Å². The largest absolute Gasteiger partial charge is 0.477 e. The fraction of sp³-hybridized carbons (Fsp3) is 0.905. The van der Waals surface area contributed by atoms with Crippen LogP contribution in [0.25, 0.3) is 0 Å². The topological polar surface area (TPSA) is 174 Å². The Morgan fingerprint density at radius 3 is 2.09 bits per heavy atom. The molecule has 0 heterocycles. The van der Waals surface area contributed by atoms with Crippen molar-refractivity contribution in [3.05, 3.63) is 0 Å². The molecule has 0 spiro atoms. The van der Waals surface area contributed by atoms with Crippen LogP contribution in [0.4, 0.5) is 0 Å². The van der Waals surface area contributed by atoms with Crippen LogP contribution in [0.3, 0.4) is 0 Å². The van der Waals surface area contributed by atoms with E-state index in [2.05, 4.69) is 16.8 Å². The highest BCUT2D eigenvalue weighted by Crippen LogP contribution is 2.35. The number of phosphoric ester groups is 1. The number of unbranched alkanes of at least 4 members (excludes halogenated alkanes) is 8. The number of phosphoric acid groups is 1. The summed E-state index contributed by atoms with van der Waals surface area (Å²) in [6, 6.07) is 0. The molecule has 0 aromatic heterocycles. The number of carboxylic acids is 1. The summed E-state index contributed by atoms with van der Waals surface area (Å²) in [5.41, 5.74) is 0. The fourth-order valence-electron chi connectivity index (χ4n) is 3.82. The molecular weight excluding hydrogens is 455 g/mol. The molecule has 0 aliphatic heterocycles. The van der Waals surface area contributed by atoms with Gasteiger partial charge in [0.05, 0.1) is 26.3 Å². The molecular formula is C21H44N2O9P+. The van der Waals surface area contributed by atoms with Crippen LogP contribution < -0.4 is 5.32 Å². The molecule has 2 unspecified atom stereocenters. The second kappa shape index (κ2) is 18.3. The summed E-state index contributed by atoms with van der Waals surface area (Å²) < 4.78 is 14.8. The second-order valence-corrected chi connectivity index (χ2v) is 9.85. The minimum absolute atomic E-state index is 0.00655. The molecule has 0 aromatic rings. The second-order valence-electron chi connectivity index (χ2n) is 8.62. The Balaban J connectivity index is 4.43. The number of aliphatic hydroxyl groups excluding tert-OH is 2. The van der Waals surface area contributed by atoms with Crippen molar-refractivity contribution >= 4 is 19.7 Å². The van der Waals surface area contributed by atoms with Crippen molar-refractivity contribution in [1.29, 1.82) is 0 Å². The van der Waals surface area contributed by atoms with Crippen molar-refractivity contribution in [2.24, 2.45) is 0 Å². The van der Waals surface area contributed by atoms with Gasteiger partial charge in [-0.1, -0.05) is 58.3 Å². The fourth-order valence-corrected chi connectivity index (χ4v) is 4.18. The number of nitrogens with one attached hydrogen (secondary N) is 1. The minimum Gasteiger partial charge on any atom is -0.477 e. The molecule has 0 saturated heterocycles. The third-order valence-corrected chi connectivity index (χ3v) is 5.98. The predicted molar refractivity (Wildman–Crippen MR) is 123 cm³/mol. The zero-order valence-corrected chi connectivity index (χ0v) is 20.8. The molecule has 0 fully saturated rings. The van der Waals surface area contributed by atoms with Crippen LogP contribution in [0, 0.1) is 0 Å². The van der Waals surface area contributed by atoms with Gasteiger partial charge in [-0.15, -0.1) is 0 Å². The molecule has 33 heavy (non-hydrogen) atoms. The molecule has 0 aromatic carbocycles. The standard InChI is InChI=1S/C21H43N2O9P/c1-2-3-4-5-6-7-8-9-10-11-20(26)22-12-13-23(14-15-24,17-21(27)28)16-19(25)18-32-33(29,30)31/h19,24-25H,2-18H2,1H3,(H3-,22,26,27,28,29,30,31)/p+1. The van der Waals surface area contributed by atoms with E-state index in [4.69, 9.17) is 9.79 Å². The number of aliphatic hydroxyl groups is 2. The monoisotopic (exact) mass is 499 g/mol. The molecule has 0 aliphatic rings. The van der Waals surface area contributed by atoms with Gasteiger partial charge in [0.25, 0.3) is 0 Å². The van der Waals surface area contributed by atoms with E-state index in [9.17, 15) is 29.5 Å². The maximum Gasteiger partial charge on any atom is 0.469 e. The van der Waals surface area contributed by atoms with E-state index in [0.717, 1.165) is 19.3 Å². The van der Waals surface area contributed by atoms with Gasteiger partial charge in [0.2, 0.25) is 5.91 Å². The van der Waals surface area contributed by atoms with E-state index in [-0.39, 0.29) is 43.2 Å². The number of amides is 1. The van der Waals surface area contributed by atoms with Gasteiger partial charge < -0.3 is 34.9 Å². The highest BCUT2D eigenvalue weighted by atomic mass is 31.2. The van der Waals surface area contributed by atoms with Gasteiger partial charge in [-0.05, 0) is 6.42 Å². The highest BCUT2D eigenvalue weighted by molar-refractivity contribution is 7.46. The first-order chi connectivity index (χ1) is 15.5. The first kappa shape index (κ1) is 31.9. The molecule has 1 amide bonds. The van der Waals surface area contributed by atoms with Gasteiger partial charge >= 0.3 is 13.8 Å². The van der Waals surface area contributed by atoms with Crippen LogP contribution in [0.5, 0.6) is 0 Å². The van der Waals surface area contributed by atoms with Crippen LogP contribution in [0.15, 0.2) is 0 Å². The Morgan fingerprint density at radius 2 is 1.58 bits per heavy atom. The van der Waals surface area contributed by atoms with Crippen molar-refractivity contribution < 1.29 is 48.3 Å². The van der Waals surface area contributed by atoms with Crippen LogP contribution >= 0.6 is 7.82 Å². The van der Waals surface area contributed by atoms with Crippen LogP contribution in [-0.2, 0) is 18.7 Å². The zero-order chi connectivity index (χ0) is 25.2. The molecule has 0 aliphatic carbocycles. The molecule has 196 valence electrons. The smallest absolute Gasteiger partial charge is 0.469 e. The third kappa shape index (κ3) is 19.0. The predicted octanol–water partition coefficient (Wildman–Crippen LogP) is 1.39. The summed E-state index contributed by atoms with van der Waals surface area (Å²) in [4.78, 5) is 41.0. The first-order valence-corrected chi connectivity index (χ1v) is 13.4. The average molecular weight is 500 g/mol. The lowest BCUT2D eigenvalue weighted by atomic mass is 10.1. The molecule has 6 N–H and O–H groups in total. The number of rotatable bonds is 22. The van der Waals surface area contributed by atoms with Crippen LogP contribution in [0.2, 0.25) is 0 Å². The number of carboxylic acid groups (broad SMARTS) is 1. The van der Waals surface area contributed by atoms with E-state index in [1.54, 1.807) is 0 Å². The number of aliphatic carboxylic acids is 1. The molecule has 12 heteroatoms. The normalized spacial score (nSPS) is 14.6. The van der Waals surface area contributed by atoms with E-state index in [1.807, 2.05) is 0 Å². The summed E-state index contributed by atoms with van der Waals surface area (Å²) in [5.74, 6) is -1.30.